The van der Waals surface area contributed by atoms with Crippen LogP contribution in [0, 0.1) is 0 Å². The predicted octanol–water partition coefficient (Wildman–Crippen LogP) is 2.93. The molecule has 1 aromatic rings. The van der Waals surface area contributed by atoms with Gasteiger partial charge in [-0.25, -0.2) is 4.98 Å². The van der Waals surface area contributed by atoms with Crippen LogP contribution in [0.1, 0.15) is 49.9 Å². The molecule has 0 amide bonds. The minimum atomic E-state index is 0.359. The van der Waals surface area contributed by atoms with Crippen molar-refractivity contribution in [1.82, 2.24) is 10.3 Å². The molecule has 0 spiro atoms. The molecule has 3 nitrogen and oxygen atoms in total. The molecule has 1 aliphatic heterocycles. The van der Waals surface area contributed by atoms with Gasteiger partial charge < -0.3 is 10.1 Å². The molecular weight excluding hydrogens is 232 g/mol. The highest BCUT2D eigenvalue weighted by Crippen LogP contribution is 2.21. The van der Waals surface area contributed by atoms with Gasteiger partial charge in [0.25, 0.3) is 0 Å². The Morgan fingerprint density at radius 3 is 3.18 bits per heavy atom. The maximum absolute atomic E-state index is 5.75. The smallest absolute Gasteiger partial charge is 0.0954 e. The number of aromatic nitrogens is 1. The van der Waals surface area contributed by atoms with Crippen LogP contribution in [0.3, 0.4) is 0 Å². The van der Waals surface area contributed by atoms with Gasteiger partial charge in [0, 0.05) is 24.4 Å². The van der Waals surface area contributed by atoms with E-state index in [2.05, 4.69) is 24.5 Å². The SMILES string of the molecule is CCNC(C)c1csc(CC2CCCCO2)n1. The van der Waals surface area contributed by atoms with Crippen molar-refractivity contribution in [2.75, 3.05) is 13.2 Å². The third-order valence-corrected chi connectivity index (χ3v) is 4.09. The Bertz CT molecular complexity index is 334. The summed E-state index contributed by atoms with van der Waals surface area (Å²) in [6.45, 7) is 6.20. The lowest BCUT2D eigenvalue weighted by molar-refractivity contribution is 0.0167. The molecule has 1 fully saturated rings. The van der Waals surface area contributed by atoms with Gasteiger partial charge in [-0.05, 0) is 32.7 Å². The molecule has 1 aliphatic rings. The molecule has 0 radical (unpaired) electrons. The summed E-state index contributed by atoms with van der Waals surface area (Å²) in [5.74, 6) is 0. The topological polar surface area (TPSA) is 34.1 Å². The lowest BCUT2D eigenvalue weighted by atomic mass is 10.1. The van der Waals surface area contributed by atoms with Crippen molar-refractivity contribution in [1.29, 1.82) is 0 Å². The van der Waals surface area contributed by atoms with Crippen LogP contribution in [0.25, 0.3) is 0 Å². The summed E-state index contributed by atoms with van der Waals surface area (Å²) in [6, 6.07) is 0.359. The molecule has 4 heteroatoms. The summed E-state index contributed by atoms with van der Waals surface area (Å²) in [7, 11) is 0. The van der Waals surface area contributed by atoms with E-state index in [1.165, 1.54) is 30.0 Å². The van der Waals surface area contributed by atoms with Crippen molar-refractivity contribution in [3.63, 3.8) is 0 Å². The van der Waals surface area contributed by atoms with Crippen LogP contribution >= 0.6 is 11.3 Å². The van der Waals surface area contributed by atoms with E-state index in [-0.39, 0.29) is 0 Å². The summed E-state index contributed by atoms with van der Waals surface area (Å²) < 4.78 is 5.75. The second-order valence-electron chi connectivity index (χ2n) is 4.64. The first kappa shape index (κ1) is 13.0. The number of thiazole rings is 1. The van der Waals surface area contributed by atoms with Gasteiger partial charge in [0.15, 0.2) is 0 Å². The molecule has 0 aliphatic carbocycles. The van der Waals surface area contributed by atoms with Crippen LogP contribution in [-0.4, -0.2) is 24.2 Å². The summed E-state index contributed by atoms with van der Waals surface area (Å²) in [5, 5.41) is 6.78. The molecule has 1 N–H and O–H groups in total. The molecule has 0 aromatic carbocycles. The highest BCUT2D eigenvalue weighted by atomic mass is 32.1. The second-order valence-corrected chi connectivity index (χ2v) is 5.58. The van der Waals surface area contributed by atoms with Gasteiger partial charge in [0.05, 0.1) is 16.8 Å². The number of nitrogens with zero attached hydrogens (tertiary/aromatic N) is 1. The Morgan fingerprint density at radius 1 is 1.59 bits per heavy atom. The van der Waals surface area contributed by atoms with Crippen molar-refractivity contribution in [2.24, 2.45) is 0 Å². The molecule has 2 atom stereocenters. The third-order valence-electron chi connectivity index (χ3n) is 3.20. The molecule has 96 valence electrons. The molecule has 0 bridgehead atoms. The third kappa shape index (κ3) is 3.76. The fourth-order valence-electron chi connectivity index (χ4n) is 2.19. The predicted molar refractivity (Wildman–Crippen MR) is 71.5 cm³/mol. The van der Waals surface area contributed by atoms with E-state index in [0.29, 0.717) is 12.1 Å². The Labute approximate surface area is 108 Å². The maximum atomic E-state index is 5.75. The Morgan fingerprint density at radius 2 is 2.47 bits per heavy atom. The quantitative estimate of drug-likeness (QED) is 0.877. The molecular formula is C13H22N2OS. The van der Waals surface area contributed by atoms with Crippen LogP contribution in [0.4, 0.5) is 0 Å². The minimum Gasteiger partial charge on any atom is -0.378 e. The fraction of sp³-hybridized carbons (Fsp3) is 0.769. The summed E-state index contributed by atoms with van der Waals surface area (Å²) in [6.07, 6.45) is 5.10. The molecule has 1 aromatic heterocycles. The molecule has 2 rings (SSSR count). The molecule has 0 saturated carbocycles. The average Bonchev–Trinajstić information content (AvgIpc) is 2.79. The van der Waals surface area contributed by atoms with Gasteiger partial charge in [-0.1, -0.05) is 6.92 Å². The fourth-order valence-corrected chi connectivity index (χ4v) is 3.15. The van der Waals surface area contributed by atoms with Crippen molar-refractivity contribution in [3.8, 4) is 0 Å². The van der Waals surface area contributed by atoms with E-state index < -0.39 is 0 Å². The largest absolute Gasteiger partial charge is 0.378 e. The standard InChI is InChI=1S/C13H22N2OS/c1-3-14-10(2)12-9-17-13(15-12)8-11-6-4-5-7-16-11/h9-11,14H,3-8H2,1-2H3. The maximum Gasteiger partial charge on any atom is 0.0954 e. The summed E-state index contributed by atoms with van der Waals surface area (Å²) in [4.78, 5) is 4.70. The number of hydrogen-bond acceptors (Lipinski definition) is 4. The van der Waals surface area contributed by atoms with E-state index in [0.717, 1.165) is 19.6 Å². The lowest BCUT2D eigenvalue weighted by Gasteiger charge is -2.21. The first-order valence-electron chi connectivity index (χ1n) is 6.59. The Kier molecular flexibility index (Phi) is 4.95. The average molecular weight is 254 g/mol. The summed E-state index contributed by atoms with van der Waals surface area (Å²) in [5.41, 5.74) is 1.17. The first-order chi connectivity index (χ1) is 8.29. The van der Waals surface area contributed by atoms with Gasteiger partial charge in [-0.15, -0.1) is 11.3 Å². The zero-order chi connectivity index (χ0) is 12.1. The van der Waals surface area contributed by atoms with Gasteiger partial charge in [-0.2, -0.15) is 0 Å². The van der Waals surface area contributed by atoms with Crippen molar-refractivity contribution >= 4 is 11.3 Å². The van der Waals surface area contributed by atoms with Crippen LogP contribution in [0.15, 0.2) is 5.38 Å². The van der Waals surface area contributed by atoms with Gasteiger partial charge in [-0.3, -0.25) is 0 Å². The molecule has 17 heavy (non-hydrogen) atoms. The van der Waals surface area contributed by atoms with Crippen LogP contribution in [0.5, 0.6) is 0 Å². The Hall–Kier alpha value is -0.450. The normalized spacial score (nSPS) is 22.6. The van der Waals surface area contributed by atoms with Crippen LogP contribution in [-0.2, 0) is 11.2 Å². The lowest BCUT2D eigenvalue weighted by Crippen LogP contribution is -2.21. The van der Waals surface area contributed by atoms with Gasteiger partial charge in [0.1, 0.15) is 0 Å². The zero-order valence-electron chi connectivity index (χ0n) is 10.7. The minimum absolute atomic E-state index is 0.359. The number of ether oxygens (including phenoxy) is 1. The Balaban J connectivity index is 1.88. The van der Waals surface area contributed by atoms with Crippen molar-refractivity contribution in [3.05, 3.63) is 16.1 Å². The van der Waals surface area contributed by atoms with Crippen molar-refractivity contribution in [2.45, 2.75) is 51.7 Å². The molecule has 1 saturated heterocycles. The summed E-state index contributed by atoms with van der Waals surface area (Å²) >= 11 is 1.77. The van der Waals surface area contributed by atoms with Gasteiger partial charge in [0.2, 0.25) is 0 Å². The molecule has 2 unspecified atom stereocenters. The highest BCUT2D eigenvalue weighted by Gasteiger charge is 2.17. The second kappa shape index (κ2) is 6.47. The highest BCUT2D eigenvalue weighted by molar-refractivity contribution is 7.09. The van der Waals surface area contributed by atoms with E-state index in [9.17, 15) is 0 Å². The van der Waals surface area contributed by atoms with Gasteiger partial charge >= 0.3 is 0 Å². The van der Waals surface area contributed by atoms with Crippen molar-refractivity contribution < 1.29 is 4.74 Å². The van der Waals surface area contributed by atoms with E-state index >= 15 is 0 Å². The molecule has 2 heterocycles. The zero-order valence-corrected chi connectivity index (χ0v) is 11.6. The number of nitrogens with one attached hydrogen (secondary N) is 1. The number of hydrogen-bond donors (Lipinski definition) is 1. The van der Waals surface area contributed by atoms with Crippen LogP contribution < -0.4 is 5.32 Å². The van der Waals surface area contributed by atoms with E-state index in [4.69, 9.17) is 9.72 Å². The van der Waals surface area contributed by atoms with E-state index in [1.54, 1.807) is 11.3 Å². The monoisotopic (exact) mass is 254 g/mol. The van der Waals surface area contributed by atoms with Crippen LogP contribution in [0.2, 0.25) is 0 Å². The van der Waals surface area contributed by atoms with E-state index in [1.807, 2.05) is 0 Å². The number of rotatable bonds is 5. The first-order valence-corrected chi connectivity index (χ1v) is 7.47.